The van der Waals surface area contributed by atoms with Crippen molar-refractivity contribution in [2.24, 2.45) is 17.5 Å². The van der Waals surface area contributed by atoms with Crippen molar-refractivity contribution in [3.8, 4) is 0 Å². The lowest BCUT2D eigenvalue weighted by atomic mass is 9.58. The monoisotopic (exact) mass is 349 g/mol. The first-order valence-corrected chi connectivity index (χ1v) is 9.73. The highest BCUT2D eigenvalue weighted by atomic mass is 16.5. The molecule has 1 fully saturated rings. The van der Waals surface area contributed by atoms with Gasteiger partial charge in [0.15, 0.2) is 5.96 Å². The van der Waals surface area contributed by atoms with Crippen LogP contribution >= 0.6 is 0 Å². The number of hydrogen-bond donors (Lipinski definition) is 2. The van der Waals surface area contributed by atoms with E-state index in [0.717, 1.165) is 51.3 Å². The smallest absolute Gasteiger partial charge is 0.191 e. The molecule has 1 aliphatic carbocycles. The Hall–Kier alpha value is -1.56. The zero-order valence-electron chi connectivity index (χ0n) is 16.5. The second kappa shape index (κ2) is 9.22. The zero-order chi connectivity index (χ0) is 18.3. The van der Waals surface area contributed by atoms with Gasteiger partial charge in [-0.1, -0.05) is 13.8 Å². The standard InChI is InChI=1S/C19H35N5O/c1-6-19(7-2)16(12-17(19)25-9-4)23-18(20-8-3)21-11-10-15-13-22-24(5)14-15/h13-14,16-17H,6-12H2,1-5H3,(H2,20,21,23). The highest BCUT2D eigenvalue weighted by Crippen LogP contribution is 2.48. The van der Waals surface area contributed by atoms with Gasteiger partial charge in [0, 0.05) is 44.4 Å². The van der Waals surface area contributed by atoms with E-state index in [9.17, 15) is 0 Å². The van der Waals surface area contributed by atoms with Crippen LogP contribution in [0.4, 0.5) is 0 Å². The maximum Gasteiger partial charge on any atom is 0.191 e. The van der Waals surface area contributed by atoms with Crippen molar-refractivity contribution in [2.75, 3.05) is 19.7 Å². The number of hydrogen-bond acceptors (Lipinski definition) is 3. The number of aryl methyl sites for hydroxylation is 1. The summed E-state index contributed by atoms with van der Waals surface area (Å²) >= 11 is 0. The van der Waals surface area contributed by atoms with Crippen LogP contribution in [0.5, 0.6) is 0 Å². The number of aromatic nitrogens is 2. The van der Waals surface area contributed by atoms with E-state index in [2.05, 4.69) is 43.4 Å². The van der Waals surface area contributed by atoms with Crippen molar-refractivity contribution in [2.45, 2.75) is 65.5 Å². The minimum Gasteiger partial charge on any atom is -0.378 e. The van der Waals surface area contributed by atoms with Gasteiger partial charge in [0.05, 0.1) is 12.3 Å². The molecule has 0 amide bonds. The molecular weight excluding hydrogens is 314 g/mol. The number of nitrogens with zero attached hydrogens (tertiary/aromatic N) is 3. The third-order valence-corrected chi connectivity index (χ3v) is 5.55. The molecule has 6 nitrogen and oxygen atoms in total. The molecule has 2 rings (SSSR count). The van der Waals surface area contributed by atoms with Gasteiger partial charge < -0.3 is 15.4 Å². The molecule has 1 heterocycles. The normalized spacial score (nSPS) is 22.5. The molecule has 1 aliphatic rings. The van der Waals surface area contributed by atoms with Crippen LogP contribution in [-0.2, 0) is 18.2 Å². The first-order chi connectivity index (χ1) is 12.1. The SMILES string of the molecule is CCNC(=NCCc1cnn(C)c1)NC1CC(OCC)C1(CC)CC. The van der Waals surface area contributed by atoms with Crippen LogP contribution in [0, 0.1) is 5.41 Å². The molecule has 2 N–H and O–H groups in total. The van der Waals surface area contributed by atoms with Crippen LogP contribution in [0.2, 0.25) is 0 Å². The third kappa shape index (κ3) is 4.54. The fourth-order valence-corrected chi connectivity index (χ4v) is 3.97. The van der Waals surface area contributed by atoms with Crippen LogP contribution in [0.15, 0.2) is 17.4 Å². The summed E-state index contributed by atoms with van der Waals surface area (Å²) in [4.78, 5) is 4.76. The number of rotatable bonds is 9. The quantitative estimate of drug-likeness (QED) is 0.531. The maximum absolute atomic E-state index is 5.98. The number of aliphatic imine (C=N–C) groups is 1. The largest absolute Gasteiger partial charge is 0.378 e. The highest BCUT2D eigenvalue weighted by molar-refractivity contribution is 5.80. The molecule has 0 saturated heterocycles. The molecule has 1 aromatic rings. The van der Waals surface area contributed by atoms with E-state index in [-0.39, 0.29) is 5.41 Å². The predicted octanol–water partition coefficient (Wildman–Crippen LogP) is 2.50. The number of ether oxygens (including phenoxy) is 1. The average molecular weight is 350 g/mol. The van der Waals surface area contributed by atoms with Crippen LogP contribution in [0.1, 0.15) is 52.5 Å². The van der Waals surface area contributed by atoms with Gasteiger partial charge in [-0.05, 0) is 45.1 Å². The minimum absolute atomic E-state index is 0.218. The summed E-state index contributed by atoms with van der Waals surface area (Å²) < 4.78 is 7.81. The Kier molecular flexibility index (Phi) is 7.29. The summed E-state index contributed by atoms with van der Waals surface area (Å²) in [5.74, 6) is 0.914. The molecular formula is C19H35N5O. The van der Waals surface area contributed by atoms with Crippen molar-refractivity contribution < 1.29 is 4.74 Å². The molecule has 2 atom stereocenters. The number of nitrogens with one attached hydrogen (secondary N) is 2. The summed E-state index contributed by atoms with van der Waals surface area (Å²) in [7, 11) is 1.94. The van der Waals surface area contributed by atoms with Crippen LogP contribution in [0.3, 0.4) is 0 Å². The van der Waals surface area contributed by atoms with Crippen molar-refractivity contribution >= 4 is 5.96 Å². The first-order valence-electron chi connectivity index (χ1n) is 9.73. The molecule has 0 aliphatic heterocycles. The van der Waals surface area contributed by atoms with Crippen LogP contribution in [-0.4, -0.2) is 47.6 Å². The van der Waals surface area contributed by atoms with E-state index in [1.165, 1.54) is 5.56 Å². The second-order valence-corrected chi connectivity index (χ2v) is 6.85. The lowest BCUT2D eigenvalue weighted by Gasteiger charge is -2.55. The van der Waals surface area contributed by atoms with Gasteiger partial charge >= 0.3 is 0 Å². The van der Waals surface area contributed by atoms with Gasteiger partial charge in [0.1, 0.15) is 0 Å². The molecule has 0 spiro atoms. The maximum atomic E-state index is 5.98. The summed E-state index contributed by atoms with van der Waals surface area (Å²) in [6.07, 6.45) is 8.54. The van der Waals surface area contributed by atoms with Gasteiger partial charge in [-0.15, -0.1) is 0 Å². The summed E-state index contributed by atoms with van der Waals surface area (Å²) in [5, 5.41) is 11.3. The molecule has 1 saturated carbocycles. The molecule has 0 aromatic carbocycles. The summed E-state index contributed by atoms with van der Waals surface area (Å²) in [6, 6.07) is 0.426. The first kappa shape index (κ1) is 19.8. The van der Waals surface area contributed by atoms with E-state index < -0.39 is 0 Å². The Balaban J connectivity index is 1.96. The Labute approximate surface area is 152 Å². The average Bonchev–Trinajstić information content (AvgIpc) is 3.00. The molecule has 0 radical (unpaired) electrons. The summed E-state index contributed by atoms with van der Waals surface area (Å²) in [5.41, 5.74) is 1.44. The Morgan fingerprint density at radius 3 is 2.68 bits per heavy atom. The van der Waals surface area contributed by atoms with E-state index in [0.29, 0.717) is 12.1 Å². The number of guanidine groups is 1. The van der Waals surface area contributed by atoms with Gasteiger partial charge in [0.2, 0.25) is 0 Å². The lowest BCUT2D eigenvalue weighted by molar-refractivity contribution is -0.133. The molecule has 2 unspecified atom stereocenters. The van der Waals surface area contributed by atoms with E-state index >= 15 is 0 Å². The molecule has 0 bridgehead atoms. The van der Waals surface area contributed by atoms with Crippen molar-refractivity contribution in [3.05, 3.63) is 18.0 Å². The minimum atomic E-state index is 0.218. The van der Waals surface area contributed by atoms with E-state index in [1.54, 1.807) is 0 Å². The lowest BCUT2D eigenvalue weighted by Crippen LogP contribution is -2.65. The molecule has 25 heavy (non-hydrogen) atoms. The Morgan fingerprint density at radius 1 is 1.36 bits per heavy atom. The van der Waals surface area contributed by atoms with E-state index in [1.807, 2.05) is 24.1 Å². The second-order valence-electron chi connectivity index (χ2n) is 6.85. The van der Waals surface area contributed by atoms with Gasteiger partial charge in [-0.2, -0.15) is 5.10 Å². The van der Waals surface area contributed by atoms with Crippen molar-refractivity contribution in [1.29, 1.82) is 0 Å². The molecule has 142 valence electrons. The predicted molar refractivity (Wildman–Crippen MR) is 103 cm³/mol. The fourth-order valence-electron chi connectivity index (χ4n) is 3.97. The third-order valence-electron chi connectivity index (χ3n) is 5.55. The van der Waals surface area contributed by atoms with Crippen LogP contribution < -0.4 is 10.6 Å². The van der Waals surface area contributed by atoms with E-state index in [4.69, 9.17) is 9.73 Å². The molecule has 1 aromatic heterocycles. The zero-order valence-corrected chi connectivity index (χ0v) is 16.5. The van der Waals surface area contributed by atoms with Crippen molar-refractivity contribution in [3.63, 3.8) is 0 Å². The Morgan fingerprint density at radius 2 is 2.12 bits per heavy atom. The van der Waals surface area contributed by atoms with Gasteiger partial charge in [-0.3, -0.25) is 9.67 Å². The Bertz CT molecular complexity index is 550. The molecule has 6 heteroatoms. The van der Waals surface area contributed by atoms with Crippen LogP contribution in [0.25, 0.3) is 0 Å². The van der Waals surface area contributed by atoms with Gasteiger partial charge in [-0.25, -0.2) is 0 Å². The topological polar surface area (TPSA) is 63.5 Å². The van der Waals surface area contributed by atoms with Gasteiger partial charge in [0.25, 0.3) is 0 Å². The summed E-state index contributed by atoms with van der Waals surface area (Å²) in [6.45, 7) is 11.2. The highest BCUT2D eigenvalue weighted by Gasteiger charge is 2.53. The van der Waals surface area contributed by atoms with Crippen molar-refractivity contribution in [1.82, 2.24) is 20.4 Å². The fraction of sp³-hybridized carbons (Fsp3) is 0.789.